The smallest absolute Gasteiger partial charge is 0.293 e. The first-order valence-electron chi connectivity index (χ1n) is 10.0. The summed E-state index contributed by atoms with van der Waals surface area (Å²) >= 11 is 0. The Hall–Kier alpha value is -3.16. The highest BCUT2D eigenvalue weighted by Crippen LogP contribution is 2.23. The van der Waals surface area contributed by atoms with Crippen molar-refractivity contribution in [1.82, 2.24) is 14.8 Å². The molecular formula is C23H25N3O4. The quantitative estimate of drug-likeness (QED) is 0.676. The summed E-state index contributed by atoms with van der Waals surface area (Å²) in [6, 6.07) is 15.1. The SMILES string of the molecule is Cn1c(=O)c(O)c(C(=O)NCc2ccc(CN3CCOCC3)cc2)c2ccccc21. The van der Waals surface area contributed by atoms with E-state index in [-0.39, 0.29) is 5.56 Å². The molecule has 0 spiro atoms. The fraction of sp³-hybridized carbons (Fsp3) is 0.304. The van der Waals surface area contributed by atoms with Crippen LogP contribution < -0.4 is 10.9 Å². The van der Waals surface area contributed by atoms with Gasteiger partial charge >= 0.3 is 0 Å². The molecule has 1 aliphatic heterocycles. The van der Waals surface area contributed by atoms with Gasteiger partial charge in [-0.2, -0.15) is 0 Å². The van der Waals surface area contributed by atoms with Crippen LogP contribution in [0.1, 0.15) is 21.5 Å². The summed E-state index contributed by atoms with van der Waals surface area (Å²) in [7, 11) is 1.57. The van der Waals surface area contributed by atoms with Crippen molar-refractivity contribution in [2.45, 2.75) is 13.1 Å². The third kappa shape index (κ3) is 4.08. The van der Waals surface area contributed by atoms with Crippen LogP contribution in [0, 0.1) is 0 Å². The Morgan fingerprint density at radius 2 is 1.73 bits per heavy atom. The van der Waals surface area contributed by atoms with Crippen LogP contribution in [-0.2, 0) is 24.9 Å². The van der Waals surface area contributed by atoms with Gasteiger partial charge in [-0.05, 0) is 17.2 Å². The fourth-order valence-corrected chi connectivity index (χ4v) is 3.76. The molecular weight excluding hydrogens is 382 g/mol. The summed E-state index contributed by atoms with van der Waals surface area (Å²) in [5.74, 6) is -1.01. The lowest BCUT2D eigenvalue weighted by Crippen LogP contribution is -2.35. The van der Waals surface area contributed by atoms with Gasteiger partial charge < -0.3 is 19.7 Å². The Balaban J connectivity index is 1.47. The molecule has 7 nitrogen and oxygen atoms in total. The number of aromatic hydroxyl groups is 1. The lowest BCUT2D eigenvalue weighted by Gasteiger charge is -2.26. The number of nitrogens with zero attached hydrogens (tertiary/aromatic N) is 2. The van der Waals surface area contributed by atoms with Crippen molar-refractivity contribution >= 4 is 16.8 Å². The number of aryl methyl sites for hydroxylation is 1. The molecule has 7 heteroatoms. The monoisotopic (exact) mass is 407 g/mol. The van der Waals surface area contributed by atoms with Gasteiger partial charge in [-0.3, -0.25) is 14.5 Å². The van der Waals surface area contributed by atoms with Gasteiger partial charge in [0.15, 0.2) is 5.75 Å². The molecule has 1 aromatic heterocycles. The predicted octanol–water partition coefficient (Wildman–Crippen LogP) is 2.01. The Morgan fingerprint density at radius 3 is 2.47 bits per heavy atom. The van der Waals surface area contributed by atoms with Crippen LogP contribution in [0.3, 0.4) is 0 Å². The number of aromatic nitrogens is 1. The summed E-state index contributed by atoms with van der Waals surface area (Å²) in [6.07, 6.45) is 0. The second-order valence-corrected chi connectivity index (χ2v) is 7.49. The fourth-order valence-electron chi connectivity index (χ4n) is 3.76. The first-order chi connectivity index (χ1) is 14.5. The van der Waals surface area contributed by atoms with Crippen LogP contribution >= 0.6 is 0 Å². The predicted molar refractivity (Wildman–Crippen MR) is 115 cm³/mol. The maximum atomic E-state index is 12.8. The maximum absolute atomic E-state index is 12.8. The average molecular weight is 407 g/mol. The molecule has 2 N–H and O–H groups in total. The molecule has 1 saturated heterocycles. The number of carbonyl (C=O) groups excluding carboxylic acids is 1. The van der Waals surface area contributed by atoms with Crippen LogP contribution in [0.25, 0.3) is 10.9 Å². The van der Waals surface area contributed by atoms with Crippen molar-refractivity contribution in [3.63, 3.8) is 0 Å². The van der Waals surface area contributed by atoms with Crippen LogP contribution in [0.2, 0.25) is 0 Å². The highest BCUT2D eigenvalue weighted by Gasteiger charge is 2.20. The highest BCUT2D eigenvalue weighted by atomic mass is 16.5. The lowest BCUT2D eigenvalue weighted by atomic mass is 10.1. The molecule has 30 heavy (non-hydrogen) atoms. The maximum Gasteiger partial charge on any atom is 0.293 e. The van der Waals surface area contributed by atoms with E-state index in [1.807, 2.05) is 12.1 Å². The van der Waals surface area contributed by atoms with Crippen LogP contribution in [0.5, 0.6) is 5.75 Å². The number of carbonyl (C=O) groups is 1. The number of morpholine rings is 1. The molecule has 0 saturated carbocycles. The third-order valence-corrected chi connectivity index (χ3v) is 5.49. The summed E-state index contributed by atoms with van der Waals surface area (Å²) in [6.45, 7) is 4.60. The first-order valence-corrected chi connectivity index (χ1v) is 10.0. The number of amides is 1. The van der Waals surface area contributed by atoms with Gasteiger partial charge in [-0.15, -0.1) is 0 Å². The summed E-state index contributed by atoms with van der Waals surface area (Å²) in [5.41, 5.74) is 2.17. The number of pyridine rings is 1. The molecule has 0 atom stereocenters. The first kappa shape index (κ1) is 20.1. The second-order valence-electron chi connectivity index (χ2n) is 7.49. The molecule has 1 aliphatic rings. The topological polar surface area (TPSA) is 83.8 Å². The zero-order valence-corrected chi connectivity index (χ0v) is 16.9. The zero-order chi connectivity index (χ0) is 21.1. The van der Waals surface area contributed by atoms with E-state index < -0.39 is 17.2 Å². The molecule has 3 aromatic rings. The van der Waals surface area contributed by atoms with Gasteiger partial charge in [-0.25, -0.2) is 0 Å². The van der Waals surface area contributed by atoms with Crippen LogP contribution in [-0.4, -0.2) is 46.8 Å². The minimum absolute atomic E-state index is 0.0117. The molecule has 2 heterocycles. The molecule has 1 fully saturated rings. The van der Waals surface area contributed by atoms with Crippen molar-refractivity contribution < 1.29 is 14.6 Å². The number of ether oxygens (including phenoxy) is 1. The molecule has 0 aliphatic carbocycles. The van der Waals surface area contributed by atoms with Gasteiger partial charge in [0.05, 0.1) is 24.3 Å². The van der Waals surface area contributed by atoms with Crippen LogP contribution in [0.15, 0.2) is 53.3 Å². The van der Waals surface area contributed by atoms with Crippen LogP contribution in [0.4, 0.5) is 0 Å². The minimum atomic E-state index is -0.591. The Bertz CT molecular complexity index is 1120. The lowest BCUT2D eigenvalue weighted by molar-refractivity contribution is 0.0342. The number of rotatable bonds is 5. The Morgan fingerprint density at radius 1 is 1.07 bits per heavy atom. The van der Waals surface area contributed by atoms with Crippen molar-refractivity contribution in [2.75, 3.05) is 26.3 Å². The molecule has 156 valence electrons. The van der Waals surface area contributed by atoms with Crippen molar-refractivity contribution in [3.8, 4) is 5.75 Å². The van der Waals surface area contributed by atoms with Gasteiger partial charge in [0.25, 0.3) is 11.5 Å². The van der Waals surface area contributed by atoms with E-state index in [0.29, 0.717) is 17.4 Å². The number of hydrogen-bond donors (Lipinski definition) is 2. The van der Waals surface area contributed by atoms with E-state index in [9.17, 15) is 14.7 Å². The van der Waals surface area contributed by atoms with Gasteiger partial charge in [0, 0.05) is 38.6 Å². The standard InChI is InChI=1S/C23H25N3O4/c1-25-19-5-3-2-4-18(19)20(21(27)23(25)29)22(28)24-14-16-6-8-17(9-7-16)15-26-10-12-30-13-11-26/h2-9,27H,10-15H2,1H3,(H,24,28). The highest BCUT2D eigenvalue weighted by molar-refractivity contribution is 6.08. The summed E-state index contributed by atoms with van der Waals surface area (Å²) in [5, 5.41) is 13.7. The molecule has 0 unspecified atom stereocenters. The van der Waals surface area contributed by atoms with Crippen molar-refractivity contribution in [3.05, 3.63) is 75.6 Å². The average Bonchev–Trinajstić information content (AvgIpc) is 2.78. The second kappa shape index (κ2) is 8.69. The summed E-state index contributed by atoms with van der Waals surface area (Å²) < 4.78 is 6.72. The normalized spacial score (nSPS) is 14.7. The summed E-state index contributed by atoms with van der Waals surface area (Å²) in [4.78, 5) is 27.5. The van der Waals surface area contributed by atoms with E-state index in [1.54, 1.807) is 31.3 Å². The molecule has 2 aromatic carbocycles. The Labute approximate surface area is 174 Å². The Kier molecular flexibility index (Phi) is 5.83. The number of nitrogens with one attached hydrogen (secondary N) is 1. The molecule has 4 rings (SSSR count). The van der Waals surface area contributed by atoms with Gasteiger partial charge in [0.1, 0.15) is 0 Å². The van der Waals surface area contributed by atoms with Crippen molar-refractivity contribution in [2.24, 2.45) is 7.05 Å². The third-order valence-electron chi connectivity index (χ3n) is 5.49. The number of benzene rings is 2. The van der Waals surface area contributed by atoms with E-state index in [0.717, 1.165) is 38.4 Å². The van der Waals surface area contributed by atoms with Gasteiger partial charge in [-0.1, -0.05) is 42.5 Å². The van der Waals surface area contributed by atoms with E-state index in [4.69, 9.17) is 4.74 Å². The minimum Gasteiger partial charge on any atom is -0.502 e. The van der Waals surface area contributed by atoms with E-state index in [1.165, 1.54) is 10.1 Å². The zero-order valence-electron chi connectivity index (χ0n) is 16.9. The molecule has 1 amide bonds. The number of fused-ring (bicyclic) bond motifs is 1. The van der Waals surface area contributed by atoms with E-state index >= 15 is 0 Å². The largest absolute Gasteiger partial charge is 0.502 e. The van der Waals surface area contributed by atoms with Crippen molar-refractivity contribution in [1.29, 1.82) is 0 Å². The molecule has 0 radical (unpaired) electrons. The van der Waals surface area contributed by atoms with Gasteiger partial charge in [0.2, 0.25) is 0 Å². The number of hydrogen-bond acceptors (Lipinski definition) is 5. The van der Waals surface area contributed by atoms with E-state index in [2.05, 4.69) is 22.3 Å². The molecule has 0 bridgehead atoms. The number of para-hydroxylation sites is 1.